The Balaban J connectivity index is 1.51. The summed E-state index contributed by atoms with van der Waals surface area (Å²) in [5.74, 6) is -2.83. The lowest BCUT2D eigenvalue weighted by atomic mass is 10.1. The number of rotatable bonds is 5. The van der Waals surface area contributed by atoms with Gasteiger partial charge in [-0.2, -0.15) is 0 Å². The van der Waals surface area contributed by atoms with Gasteiger partial charge in [-0.1, -0.05) is 0 Å². The highest BCUT2D eigenvalue weighted by Crippen LogP contribution is 2.33. The van der Waals surface area contributed by atoms with Crippen molar-refractivity contribution in [2.75, 3.05) is 57.7 Å². The lowest BCUT2D eigenvalue weighted by molar-refractivity contribution is 0.207. The molecular formula is C23H24F3N5O4. The molecule has 12 heteroatoms. The molecule has 1 fully saturated rings. The maximum absolute atomic E-state index is 14.4. The first-order valence-corrected chi connectivity index (χ1v) is 10.7. The van der Waals surface area contributed by atoms with Crippen molar-refractivity contribution in [2.45, 2.75) is 6.92 Å². The number of hydrogen-bond donors (Lipinski definition) is 1. The highest BCUT2D eigenvalue weighted by molar-refractivity contribution is 5.91. The Labute approximate surface area is 199 Å². The SMILES string of the molecule is COc1cc2nc(NC(=O)N3CCN(c4c(C)cc(F)c(F)c4F)CC3)c(OC)nc2cc1OC. The summed E-state index contributed by atoms with van der Waals surface area (Å²) in [6.45, 7) is 2.41. The third-order valence-electron chi connectivity index (χ3n) is 5.77. The Bertz CT molecular complexity index is 1280. The first-order valence-electron chi connectivity index (χ1n) is 10.7. The van der Waals surface area contributed by atoms with Crippen molar-refractivity contribution < 1.29 is 32.2 Å². The molecule has 0 bridgehead atoms. The molecule has 9 nitrogen and oxygen atoms in total. The van der Waals surface area contributed by atoms with Crippen LogP contribution in [0.4, 0.5) is 29.5 Å². The molecule has 1 N–H and O–H groups in total. The highest BCUT2D eigenvalue weighted by atomic mass is 19.2. The summed E-state index contributed by atoms with van der Waals surface area (Å²) in [4.78, 5) is 24.9. The fourth-order valence-electron chi connectivity index (χ4n) is 4.00. The van der Waals surface area contributed by atoms with Gasteiger partial charge in [0.25, 0.3) is 5.88 Å². The van der Waals surface area contributed by atoms with Crippen molar-refractivity contribution in [2.24, 2.45) is 0 Å². The highest BCUT2D eigenvalue weighted by Gasteiger charge is 2.27. The molecule has 1 aliphatic rings. The van der Waals surface area contributed by atoms with Gasteiger partial charge in [0, 0.05) is 38.3 Å². The Morgan fingerprint density at radius 2 is 1.49 bits per heavy atom. The summed E-state index contributed by atoms with van der Waals surface area (Å²) in [5, 5.41) is 2.70. The summed E-state index contributed by atoms with van der Waals surface area (Å²) >= 11 is 0. The number of amides is 2. The van der Waals surface area contributed by atoms with E-state index in [0.717, 1.165) is 6.07 Å². The molecule has 1 aliphatic heterocycles. The second-order valence-electron chi connectivity index (χ2n) is 7.83. The zero-order valence-corrected chi connectivity index (χ0v) is 19.6. The largest absolute Gasteiger partial charge is 0.493 e. The number of nitrogens with zero attached hydrogens (tertiary/aromatic N) is 4. The molecule has 186 valence electrons. The molecule has 1 aromatic heterocycles. The third kappa shape index (κ3) is 4.55. The number of aromatic nitrogens is 2. The molecule has 0 radical (unpaired) electrons. The molecule has 2 aromatic carbocycles. The van der Waals surface area contributed by atoms with Crippen molar-refractivity contribution in [1.82, 2.24) is 14.9 Å². The first kappa shape index (κ1) is 24.2. The number of benzene rings is 2. The number of hydrogen-bond acceptors (Lipinski definition) is 7. The lowest BCUT2D eigenvalue weighted by Gasteiger charge is -2.36. The fourth-order valence-corrected chi connectivity index (χ4v) is 4.00. The van der Waals surface area contributed by atoms with Gasteiger partial charge < -0.3 is 24.0 Å². The molecule has 0 saturated carbocycles. The Morgan fingerprint density at radius 3 is 2.06 bits per heavy atom. The minimum absolute atomic E-state index is 0.00426. The van der Waals surface area contributed by atoms with Crippen LogP contribution in [0, 0.1) is 24.4 Å². The summed E-state index contributed by atoms with van der Waals surface area (Å²) in [6, 6.07) is 3.78. The van der Waals surface area contributed by atoms with Crippen LogP contribution in [-0.4, -0.2) is 68.4 Å². The molecule has 2 heterocycles. The first-order chi connectivity index (χ1) is 16.8. The van der Waals surface area contributed by atoms with E-state index in [2.05, 4.69) is 15.3 Å². The minimum Gasteiger partial charge on any atom is -0.493 e. The van der Waals surface area contributed by atoms with Gasteiger partial charge in [0.15, 0.2) is 34.8 Å². The van der Waals surface area contributed by atoms with Crippen LogP contribution in [0.2, 0.25) is 0 Å². The van der Waals surface area contributed by atoms with E-state index in [0.29, 0.717) is 22.5 Å². The van der Waals surface area contributed by atoms with Gasteiger partial charge in [-0.15, -0.1) is 0 Å². The quantitative estimate of drug-likeness (QED) is 0.544. The van der Waals surface area contributed by atoms with E-state index in [-0.39, 0.29) is 49.1 Å². The van der Waals surface area contributed by atoms with E-state index < -0.39 is 23.5 Å². The van der Waals surface area contributed by atoms with Crippen molar-refractivity contribution in [3.05, 3.63) is 41.2 Å². The van der Waals surface area contributed by atoms with Crippen LogP contribution in [0.3, 0.4) is 0 Å². The number of ether oxygens (including phenoxy) is 3. The van der Waals surface area contributed by atoms with E-state index in [1.807, 2.05) is 0 Å². The topological polar surface area (TPSA) is 89.1 Å². The fraction of sp³-hybridized carbons (Fsp3) is 0.348. The van der Waals surface area contributed by atoms with E-state index in [9.17, 15) is 18.0 Å². The van der Waals surface area contributed by atoms with Gasteiger partial charge in [0.1, 0.15) is 0 Å². The molecule has 3 aromatic rings. The number of aryl methyl sites for hydroxylation is 1. The average molecular weight is 491 g/mol. The Hall–Kier alpha value is -3.96. The summed E-state index contributed by atoms with van der Waals surface area (Å²) < 4.78 is 57.5. The van der Waals surface area contributed by atoms with Gasteiger partial charge in [0.2, 0.25) is 0 Å². The number of nitrogens with one attached hydrogen (secondary N) is 1. The van der Waals surface area contributed by atoms with Gasteiger partial charge in [-0.25, -0.2) is 27.9 Å². The van der Waals surface area contributed by atoms with Crippen LogP contribution in [-0.2, 0) is 0 Å². The predicted octanol–water partition coefficient (Wildman–Crippen LogP) is 3.74. The summed E-state index contributed by atoms with van der Waals surface area (Å²) in [5.41, 5.74) is 1.21. The van der Waals surface area contributed by atoms with Gasteiger partial charge >= 0.3 is 6.03 Å². The van der Waals surface area contributed by atoms with Crippen LogP contribution in [0.15, 0.2) is 18.2 Å². The molecule has 2 amide bonds. The molecule has 0 atom stereocenters. The molecule has 0 unspecified atom stereocenters. The van der Waals surface area contributed by atoms with E-state index in [1.54, 1.807) is 17.0 Å². The second kappa shape index (κ2) is 9.72. The molecule has 4 rings (SSSR count). The number of halogens is 3. The van der Waals surface area contributed by atoms with Crippen LogP contribution in [0.25, 0.3) is 11.0 Å². The lowest BCUT2D eigenvalue weighted by Crippen LogP contribution is -2.50. The zero-order valence-electron chi connectivity index (χ0n) is 19.6. The number of carbonyl (C=O) groups is 1. The van der Waals surface area contributed by atoms with E-state index in [4.69, 9.17) is 14.2 Å². The molecule has 0 aliphatic carbocycles. The normalized spacial score (nSPS) is 13.7. The number of methoxy groups -OCH3 is 3. The van der Waals surface area contributed by atoms with Gasteiger partial charge in [-0.05, 0) is 18.6 Å². The maximum atomic E-state index is 14.4. The Morgan fingerprint density at radius 1 is 0.886 bits per heavy atom. The van der Waals surface area contributed by atoms with Gasteiger partial charge in [0.05, 0.1) is 38.1 Å². The predicted molar refractivity (Wildman–Crippen MR) is 123 cm³/mol. The molecule has 0 spiro atoms. The number of carbonyl (C=O) groups excluding carboxylic acids is 1. The van der Waals surface area contributed by atoms with Crippen molar-refractivity contribution in [3.8, 4) is 17.4 Å². The van der Waals surface area contributed by atoms with Crippen LogP contribution < -0.4 is 24.4 Å². The number of urea groups is 1. The monoisotopic (exact) mass is 491 g/mol. The number of piperazine rings is 1. The van der Waals surface area contributed by atoms with Gasteiger partial charge in [-0.3, -0.25) is 5.32 Å². The molecule has 1 saturated heterocycles. The minimum atomic E-state index is -1.51. The maximum Gasteiger partial charge on any atom is 0.323 e. The van der Waals surface area contributed by atoms with Crippen molar-refractivity contribution in [3.63, 3.8) is 0 Å². The standard InChI is InChI=1S/C23H24F3N5O4/c1-12-9-13(24)18(25)19(26)20(12)30-5-7-31(8-6-30)23(32)29-21-22(35-4)28-15-11-17(34-3)16(33-2)10-14(15)27-21/h9-11H,5-8H2,1-4H3,(H,27,29,32). The second-order valence-corrected chi connectivity index (χ2v) is 7.83. The van der Waals surface area contributed by atoms with Crippen LogP contribution >= 0.6 is 0 Å². The third-order valence-corrected chi connectivity index (χ3v) is 5.77. The smallest absolute Gasteiger partial charge is 0.323 e. The van der Waals surface area contributed by atoms with Crippen molar-refractivity contribution in [1.29, 1.82) is 0 Å². The van der Waals surface area contributed by atoms with Crippen molar-refractivity contribution >= 4 is 28.6 Å². The number of fused-ring (bicyclic) bond motifs is 1. The molecule has 35 heavy (non-hydrogen) atoms. The zero-order chi connectivity index (χ0) is 25.3. The average Bonchev–Trinajstić information content (AvgIpc) is 2.86. The number of anilines is 2. The molecular weight excluding hydrogens is 467 g/mol. The van der Waals surface area contributed by atoms with Crippen LogP contribution in [0.1, 0.15) is 5.56 Å². The van der Waals surface area contributed by atoms with E-state index in [1.165, 1.54) is 33.2 Å². The van der Waals surface area contributed by atoms with Crippen LogP contribution in [0.5, 0.6) is 17.4 Å². The Kier molecular flexibility index (Phi) is 6.72. The summed E-state index contributed by atoms with van der Waals surface area (Å²) in [7, 11) is 4.41. The summed E-state index contributed by atoms with van der Waals surface area (Å²) in [6.07, 6.45) is 0. The van der Waals surface area contributed by atoms with E-state index >= 15 is 0 Å².